The van der Waals surface area contributed by atoms with E-state index in [0.29, 0.717) is 12.6 Å². The van der Waals surface area contributed by atoms with Crippen molar-refractivity contribution in [2.75, 3.05) is 26.3 Å². The number of carbonyl (C=O) groups excluding carboxylic acids is 1. The molecule has 0 bridgehead atoms. The van der Waals surface area contributed by atoms with Crippen molar-refractivity contribution in [3.63, 3.8) is 0 Å². The van der Waals surface area contributed by atoms with E-state index in [9.17, 15) is 13.6 Å². The van der Waals surface area contributed by atoms with Crippen LogP contribution in [0.3, 0.4) is 0 Å². The monoisotopic (exact) mass is 250 g/mol. The summed E-state index contributed by atoms with van der Waals surface area (Å²) in [5.74, 6) is -0.0363. The molecule has 1 rings (SSSR count). The number of halogens is 2. The van der Waals surface area contributed by atoms with E-state index in [1.54, 1.807) is 0 Å². The molecule has 0 saturated heterocycles. The van der Waals surface area contributed by atoms with Crippen LogP contribution in [0.25, 0.3) is 0 Å². The zero-order valence-electron chi connectivity index (χ0n) is 9.88. The molecule has 6 heteroatoms. The van der Waals surface area contributed by atoms with Crippen molar-refractivity contribution in [3.8, 4) is 0 Å². The number of alkyl halides is 2. The normalized spacial score (nSPS) is 16.6. The lowest BCUT2D eigenvalue weighted by molar-refractivity contribution is -0.120. The molecule has 2 N–H and O–H groups in total. The molecular formula is C11H20F2N2O2. The molecule has 0 aromatic carbocycles. The molecule has 1 aliphatic rings. The first-order chi connectivity index (χ1) is 8.18. The van der Waals surface area contributed by atoms with Crippen molar-refractivity contribution in [3.05, 3.63) is 0 Å². The van der Waals surface area contributed by atoms with Gasteiger partial charge in [-0.15, -0.1) is 0 Å². The molecule has 100 valence electrons. The summed E-state index contributed by atoms with van der Waals surface area (Å²) in [6.45, 7) is 0.274. The third kappa shape index (κ3) is 7.23. The summed E-state index contributed by atoms with van der Waals surface area (Å²) in [6.07, 6.45) is 2.05. The molecule has 0 spiro atoms. The largest absolute Gasteiger partial charge is 0.374 e. The first kappa shape index (κ1) is 14.3. The predicted molar refractivity (Wildman–Crippen MR) is 60.1 cm³/mol. The fourth-order valence-electron chi connectivity index (χ4n) is 1.87. The van der Waals surface area contributed by atoms with E-state index in [2.05, 4.69) is 15.4 Å². The van der Waals surface area contributed by atoms with Gasteiger partial charge in [0.15, 0.2) is 0 Å². The molecule has 1 aliphatic carbocycles. The minimum Gasteiger partial charge on any atom is -0.374 e. The molecule has 0 aromatic heterocycles. The Bertz CT molecular complexity index is 222. The van der Waals surface area contributed by atoms with Crippen LogP contribution in [-0.2, 0) is 9.53 Å². The molecule has 1 saturated carbocycles. The molecule has 4 nitrogen and oxygen atoms in total. The van der Waals surface area contributed by atoms with Crippen molar-refractivity contribution in [1.29, 1.82) is 0 Å². The van der Waals surface area contributed by atoms with Gasteiger partial charge in [0, 0.05) is 12.6 Å². The van der Waals surface area contributed by atoms with Gasteiger partial charge in [-0.1, -0.05) is 12.8 Å². The van der Waals surface area contributed by atoms with Crippen LogP contribution in [0.15, 0.2) is 0 Å². The van der Waals surface area contributed by atoms with E-state index in [-0.39, 0.29) is 19.1 Å². The molecule has 0 heterocycles. The molecule has 1 amide bonds. The molecule has 0 radical (unpaired) electrons. The van der Waals surface area contributed by atoms with Crippen LogP contribution in [0.1, 0.15) is 25.7 Å². The summed E-state index contributed by atoms with van der Waals surface area (Å²) < 4.78 is 28.0. The van der Waals surface area contributed by atoms with Crippen molar-refractivity contribution < 1.29 is 18.3 Å². The number of nitrogens with one attached hydrogen (secondary N) is 2. The molecular weight excluding hydrogens is 230 g/mol. The minimum atomic E-state index is -2.43. The maximum atomic E-state index is 11.7. The van der Waals surface area contributed by atoms with Gasteiger partial charge in [0.05, 0.1) is 13.2 Å². The highest BCUT2D eigenvalue weighted by atomic mass is 19.3. The standard InChI is InChI=1S/C11H20F2N2O2/c12-10(13)8-17-6-5-14-7-11(16)15-9-3-1-2-4-9/h9-10,14H,1-8H2,(H,15,16). The van der Waals surface area contributed by atoms with Gasteiger partial charge in [-0.05, 0) is 12.8 Å². The zero-order valence-corrected chi connectivity index (χ0v) is 9.88. The van der Waals surface area contributed by atoms with Crippen LogP contribution in [0.4, 0.5) is 8.78 Å². The van der Waals surface area contributed by atoms with Gasteiger partial charge < -0.3 is 15.4 Å². The second kappa shape index (κ2) is 8.36. The highest BCUT2D eigenvalue weighted by molar-refractivity contribution is 5.78. The Morgan fingerprint density at radius 1 is 1.35 bits per heavy atom. The third-order valence-corrected chi connectivity index (χ3v) is 2.67. The van der Waals surface area contributed by atoms with E-state index in [1.807, 2.05) is 0 Å². The number of carbonyl (C=O) groups is 1. The van der Waals surface area contributed by atoms with E-state index in [1.165, 1.54) is 12.8 Å². The van der Waals surface area contributed by atoms with Crippen molar-refractivity contribution in [1.82, 2.24) is 10.6 Å². The molecule has 0 unspecified atom stereocenters. The molecule has 0 atom stereocenters. The summed E-state index contributed by atoms with van der Waals surface area (Å²) in [6, 6.07) is 0.319. The van der Waals surface area contributed by atoms with E-state index in [0.717, 1.165) is 12.8 Å². The molecule has 0 aromatic rings. The Morgan fingerprint density at radius 2 is 2.06 bits per heavy atom. The van der Waals surface area contributed by atoms with Crippen LogP contribution in [-0.4, -0.2) is 44.7 Å². The topological polar surface area (TPSA) is 50.4 Å². The fourth-order valence-corrected chi connectivity index (χ4v) is 1.87. The van der Waals surface area contributed by atoms with Gasteiger partial charge in [0.2, 0.25) is 5.91 Å². The lowest BCUT2D eigenvalue weighted by atomic mass is 10.2. The van der Waals surface area contributed by atoms with Crippen molar-refractivity contribution >= 4 is 5.91 Å². The van der Waals surface area contributed by atoms with Crippen molar-refractivity contribution in [2.24, 2.45) is 0 Å². The quantitative estimate of drug-likeness (QED) is 0.630. The van der Waals surface area contributed by atoms with Crippen LogP contribution >= 0.6 is 0 Å². The molecule has 17 heavy (non-hydrogen) atoms. The summed E-state index contributed by atoms with van der Waals surface area (Å²) in [4.78, 5) is 11.4. The van der Waals surface area contributed by atoms with Gasteiger partial charge in [-0.2, -0.15) is 0 Å². The van der Waals surface area contributed by atoms with Crippen LogP contribution in [0.5, 0.6) is 0 Å². The Morgan fingerprint density at radius 3 is 2.71 bits per heavy atom. The number of hydrogen-bond acceptors (Lipinski definition) is 3. The van der Waals surface area contributed by atoms with Crippen LogP contribution < -0.4 is 10.6 Å². The Balaban J connectivity index is 1.89. The third-order valence-electron chi connectivity index (χ3n) is 2.67. The average molecular weight is 250 g/mol. The maximum Gasteiger partial charge on any atom is 0.261 e. The van der Waals surface area contributed by atoms with E-state index < -0.39 is 13.0 Å². The average Bonchev–Trinajstić information content (AvgIpc) is 2.75. The van der Waals surface area contributed by atoms with E-state index in [4.69, 9.17) is 0 Å². The lowest BCUT2D eigenvalue weighted by Gasteiger charge is -2.12. The van der Waals surface area contributed by atoms with Gasteiger partial charge >= 0.3 is 0 Å². The molecule has 0 aliphatic heterocycles. The molecule has 1 fully saturated rings. The number of amides is 1. The second-order valence-electron chi connectivity index (χ2n) is 4.19. The predicted octanol–water partition coefficient (Wildman–Crippen LogP) is 0.916. The highest BCUT2D eigenvalue weighted by Gasteiger charge is 2.16. The summed E-state index contributed by atoms with van der Waals surface area (Å²) >= 11 is 0. The van der Waals surface area contributed by atoms with Crippen molar-refractivity contribution in [2.45, 2.75) is 38.2 Å². The number of rotatable bonds is 8. The highest BCUT2D eigenvalue weighted by Crippen LogP contribution is 2.17. The Kier molecular flexibility index (Phi) is 7.04. The van der Waals surface area contributed by atoms with E-state index >= 15 is 0 Å². The van der Waals surface area contributed by atoms with Gasteiger partial charge in [0.1, 0.15) is 6.61 Å². The van der Waals surface area contributed by atoms with Gasteiger partial charge in [-0.25, -0.2) is 8.78 Å². The SMILES string of the molecule is O=C(CNCCOCC(F)F)NC1CCCC1. The number of ether oxygens (including phenoxy) is 1. The first-order valence-electron chi connectivity index (χ1n) is 6.04. The fraction of sp³-hybridized carbons (Fsp3) is 0.909. The number of hydrogen-bond donors (Lipinski definition) is 2. The van der Waals surface area contributed by atoms with Gasteiger partial charge in [-0.3, -0.25) is 4.79 Å². The summed E-state index contributed by atoms with van der Waals surface area (Å²) in [5.41, 5.74) is 0. The lowest BCUT2D eigenvalue weighted by Crippen LogP contribution is -2.39. The second-order valence-corrected chi connectivity index (χ2v) is 4.19. The maximum absolute atomic E-state index is 11.7. The minimum absolute atomic E-state index is 0.0363. The summed E-state index contributed by atoms with van der Waals surface area (Å²) in [7, 11) is 0. The first-order valence-corrected chi connectivity index (χ1v) is 6.04. The van der Waals surface area contributed by atoms with Crippen LogP contribution in [0.2, 0.25) is 0 Å². The zero-order chi connectivity index (χ0) is 12.5. The van der Waals surface area contributed by atoms with Gasteiger partial charge in [0.25, 0.3) is 6.43 Å². The summed E-state index contributed by atoms with van der Waals surface area (Å²) in [5, 5.41) is 5.78. The Labute approximate surface area is 100 Å². The van der Waals surface area contributed by atoms with Crippen LogP contribution in [0, 0.1) is 0 Å². The smallest absolute Gasteiger partial charge is 0.261 e. The Hall–Kier alpha value is -0.750.